The van der Waals surface area contributed by atoms with E-state index in [9.17, 15) is 4.79 Å². The molecule has 1 heterocycles. The first kappa shape index (κ1) is 21.4. The number of carbonyl (C=O) groups is 1. The van der Waals surface area contributed by atoms with Gasteiger partial charge in [-0.05, 0) is 48.5 Å². The van der Waals surface area contributed by atoms with E-state index in [1.165, 1.54) is 11.8 Å². The highest BCUT2D eigenvalue weighted by molar-refractivity contribution is 7.99. The third kappa shape index (κ3) is 5.28. The predicted molar refractivity (Wildman–Crippen MR) is 127 cm³/mol. The van der Waals surface area contributed by atoms with Gasteiger partial charge >= 0.3 is 0 Å². The summed E-state index contributed by atoms with van der Waals surface area (Å²) in [6, 6.07) is 24.2. The second-order valence-electron chi connectivity index (χ2n) is 6.62. The Hall–Kier alpha value is -2.80. The zero-order valence-electron chi connectivity index (χ0n) is 16.3. The minimum atomic E-state index is 0.0000192. The van der Waals surface area contributed by atoms with Crippen LogP contribution in [0.2, 0.25) is 10.0 Å². The van der Waals surface area contributed by atoms with Crippen LogP contribution in [0.15, 0.2) is 84.0 Å². The Labute approximate surface area is 194 Å². The second-order valence-corrected chi connectivity index (χ2v) is 8.41. The number of thioether (sulfide) groups is 1. The normalized spacial score (nSPS) is 10.8. The number of para-hydroxylation sites is 2. The van der Waals surface area contributed by atoms with Gasteiger partial charge in [0.05, 0.1) is 23.0 Å². The molecule has 0 aliphatic rings. The van der Waals surface area contributed by atoms with Crippen LogP contribution in [-0.2, 0) is 6.54 Å². The molecule has 0 aliphatic carbocycles. The van der Waals surface area contributed by atoms with Crippen LogP contribution in [0.3, 0.4) is 0 Å². The molecule has 0 saturated carbocycles. The Kier molecular flexibility index (Phi) is 6.92. The number of nitrogens with zero attached hydrogens (tertiary/aromatic N) is 3. The molecule has 0 amide bonds. The van der Waals surface area contributed by atoms with Gasteiger partial charge in [-0.3, -0.25) is 9.36 Å². The summed E-state index contributed by atoms with van der Waals surface area (Å²) in [5, 5.41) is 13.9. The van der Waals surface area contributed by atoms with Crippen LogP contribution in [0.4, 0.5) is 5.69 Å². The molecule has 5 nitrogen and oxygen atoms in total. The number of rotatable bonds is 8. The van der Waals surface area contributed by atoms with Crippen molar-refractivity contribution >= 4 is 46.4 Å². The maximum absolute atomic E-state index is 12.6. The molecule has 0 radical (unpaired) electrons. The Bertz CT molecular complexity index is 1180. The number of anilines is 1. The van der Waals surface area contributed by atoms with Crippen LogP contribution < -0.4 is 5.32 Å². The van der Waals surface area contributed by atoms with Crippen molar-refractivity contribution in [3.8, 4) is 5.69 Å². The molecule has 0 fully saturated rings. The Morgan fingerprint density at radius 3 is 2.35 bits per heavy atom. The third-order valence-corrected chi connectivity index (χ3v) is 6.03. The maximum atomic E-state index is 12.6. The molecule has 0 bridgehead atoms. The first-order valence-electron chi connectivity index (χ1n) is 9.51. The lowest BCUT2D eigenvalue weighted by Crippen LogP contribution is -2.09. The van der Waals surface area contributed by atoms with Crippen molar-refractivity contribution in [2.75, 3.05) is 11.1 Å². The van der Waals surface area contributed by atoms with Crippen LogP contribution in [0, 0.1) is 0 Å². The lowest BCUT2D eigenvalue weighted by molar-refractivity contribution is 0.102. The zero-order valence-corrected chi connectivity index (χ0v) is 18.7. The van der Waals surface area contributed by atoms with Crippen molar-refractivity contribution in [3.05, 3.63) is 100 Å². The van der Waals surface area contributed by atoms with Gasteiger partial charge in [0.1, 0.15) is 0 Å². The monoisotopic (exact) mass is 468 g/mol. The molecule has 3 aromatic carbocycles. The summed E-state index contributed by atoms with van der Waals surface area (Å²) in [7, 11) is 0. The number of carbonyl (C=O) groups excluding carboxylic acids is 1. The predicted octanol–water partition coefficient (Wildman–Crippen LogP) is 6.16. The molecule has 1 aromatic heterocycles. The van der Waals surface area contributed by atoms with Gasteiger partial charge in [-0.25, -0.2) is 0 Å². The van der Waals surface area contributed by atoms with E-state index in [0.29, 0.717) is 33.1 Å². The maximum Gasteiger partial charge on any atom is 0.196 e. The van der Waals surface area contributed by atoms with E-state index in [4.69, 9.17) is 23.2 Å². The van der Waals surface area contributed by atoms with Gasteiger partial charge in [0.15, 0.2) is 16.8 Å². The minimum absolute atomic E-state index is 0.0000192. The van der Waals surface area contributed by atoms with Crippen molar-refractivity contribution in [1.82, 2.24) is 14.8 Å². The van der Waals surface area contributed by atoms with Crippen molar-refractivity contribution in [2.45, 2.75) is 11.7 Å². The lowest BCUT2D eigenvalue weighted by atomic mass is 10.1. The number of ketones is 1. The van der Waals surface area contributed by atoms with E-state index in [0.717, 1.165) is 11.4 Å². The molecule has 0 aliphatic heterocycles. The van der Waals surface area contributed by atoms with E-state index in [-0.39, 0.29) is 11.5 Å². The molecule has 0 unspecified atom stereocenters. The first-order chi connectivity index (χ1) is 15.1. The molecule has 1 N–H and O–H groups in total. The number of nitrogens with one attached hydrogen (secondary N) is 1. The quantitative estimate of drug-likeness (QED) is 0.247. The molecular weight excluding hydrogens is 451 g/mol. The van der Waals surface area contributed by atoms with Crippen molar-refractivity contribution in [2.24, 2.45) is 0 Å². The molecule has 156 valence electrons. The van der Waals surface area contributed by atoms with E-state index in [1.54, 1.807) is 24.3 Å². The molecule has 8 heteroatoms. The Morgan fingerprint density at radius 1 is 0.903 bits per heavy atom. The summed E-state index contributed by atoms with van der Waals surface area (Å²) in [6.07, 6.45) is 0. The summed E-state index contributed by atoms with van der Waals surface area (Å²) in [5.41, 5.74) is 2.35. The van der Waals surface area contributed by atoms with E-state index in [2.05, 4.69) is 15.5 Å². The minimum Gasteiger partial charge on any atom is -0.377 e. The summed E-state index contributed by atoms with van der Waals surface area (Å²) < 4.78 is 1.95. The average molecular weight is 469 g/mol. The van der Waals surface area contributed by atoms with Crippen LogP contribution in [0.5, 0.6) is 0 Å². The van der Waals surface area contributed by atoms with E-state index in [1.807, 2.05) is 59.2 Å². The van der Waals surface area contributed by atoms with Gasteiger partial charge in [0, 0.05) is 16.3 Å². The SMILES string of the molecule is O=C(CSc1nnc(CNc2ccccc2Cl)n1-c1ccccc1)c1ccc(Cl)cc1. The van der Waals surface area contributed by atoms with Crippen LogP contribution in [0.25, 0.3) is 5.69 Å². The molecule has 4 aromatic rings. The standard InChI is InChI=1S/C23H18Cl2N4OS/c24-17-12-10-16(11-13-17)21(30)15-31-23-28-27-22(29(23)18-6-2-1-3-7-18)14-26-20-9-5-4-8-19(20)25/h1-13,26H,14-15H2. The van der Waals surface area contributed by atoms with Crippen LogP contribution in [-0.4, -0.2) is 26.3 Å². The Morgan fingerprint density at radius 2 is 1.61 bits per heavy atom. The van der Waals surface area contributed by atoms with E-state index < -0.39 is 0 Å². The molecule has 0 saturated heterocycles. The van der Waals surface area contributed by atoms with Gasteiger partial charge in [-0.2, -0.15) is 0 Å². The number of benzene rings is 3. The average Bonchev–Trinajstić information content (AvgIpc) is 3.21. The number of halogens is 2. The zero-order chi connectivity index (χ0) is 21.6. The van der Waals surface area contributed by atoms with E-state index >= 15 is 0 Å². The number of hydrogen-bond acceptors (Lipinski definition) is 5. The van der Waals surface area contributed by atoms with Crippen molar-refractivity contribution in [1.29, 1.82) is 0 Å². The fourth-order valence-electron chi connectivity index (χ4n) is 2.97. The molecule has 0 atom stereocenters. The number of Topliss-reactive ketones (excluding diaryl/α,β-unsaturated/α-hetero) is 1. The highest BCUT2D eigenvalue weighted by Gasteiger charge is 2.16. The molecule has 4 rings (SSSR count). The second kappa shape index (κ2) is 10.0. The largest absolute Gasteiger partial charge is 0.377 e. The smallest absolute Gasteiger partial charge is 0.196 e. The summed E-state index contributed by atoms with van der Waals surface area (Å²) >= 11 is 13.5. The molecule has 0 spiro atoms. The van der Waals surface area contributed by atoms with Crippen molar-refractivity contribution < 1.29 is 4.79 Å². The highest BCUT2D eigenvalue weighted by atomic mass is 35.5. The van der Waals surface area contributed by atoms with Gasteiger partial charge in [0.25, 0.3) is 0 Å². The first-order valence-corrected chi connectivity index (χ1v) is 11.3. The van der Waals surface area contributed by atoms with Gasteiger partial charge < -0.3 is 5.32 Å². The summed E-state index contributed by atoms with van der Waals surface area (Å²) in [6.45, 7) is 0.428. The molecule has 31 heavy (non-hydrogen) atoms. The fourth-order valence-corrected chi connectivity index (χ4v) is 4.17. The van der Waals surface area contributed by atoms with Crippen LogP contribution in [0.1, 0.15) is 16.2 Å². The summed E-state index contributed by atoms with van der Waals surface area (Å²) in [5.74, 6) is 0.956. The number of hydrogen-bond donors (Lipinski definition) is 1. The fraction of sp³-hybridized carbons (Fsp3) is 0.0870. The van der Waals surface area contributed by atoms with Crippen molar-refractivity contribution in [3.63, 3.8) is 0 Å². The van der Waals surface area contributed by atoms with Gasteiger partial charge in [-0.15, -0.1) is 10.2 Å². The lowest BCUT2D eigenvalue weighted by Gasteiger charge is -2.12. The number of aromatic nitrogens is 3. The highest BCUT2D eigenvalue weighted by Crippen LogP contribution is 2.25. The third-order valence-electron chi connectivity index (χ3n) is 4.52. The summed E-state index contributed by atoms with van der Waals surface area (Å²) in [4.78, 5) is 12.6. The topological polar surface area (TPSA) is 59.8 Å². The van der Waals surface area contributed by atoms with Crippen LogP contribution >= 0.6 is 35.0 Å². The van der Waals surface area contributed by atoms with Gasteiger partial charge in [-0.1, -0.05) is 65.3 Å². The molecular formula is C23H18Cl2N4OS. The Balaban J connectivity index is 1.55. The van der Waals surface area contributed by atoms with Gasteiger partial charge in [0.2, 0.25) is 0 Å².